The standard InChI is InChI=1S/C15H24N4/c1-2-9-19(10-3-1)15-7-6-14(12-17-15)18-13-5-4-8-16-11-13/h6-7,12-13,16,18H,1-5,8-11H2. The van der Waals surface area contributed by atoms with Crippen LogP contribution in [-0.2, 0) is 0 Å². The lowest BCUT2D eigenvalue weighted by molar-refractivity contribution is 0.480. The molecule has 104 valence electrons. The molecule has 1 aromatic heterocycles. The predicted molar refractivity (Wildman–Crippen MR) is 79.8 cm³/mol. The van der Waals surface area contributed by atoms with E-state index in [1.165, 1.54) is 32.1 Å². The van der Waals surface area contributed by atoms with Gasteiger partial charge in [0.05, 0.1) is 11.9 Å². The fourth-order valence-electron chi connectivity index (χ4n) is 2.99. The molecule has 2 N–H and O–H groups in total. The molecule has 0 spiro atoms. The molecule has 0 aliphatic carbocycles. The van der Waals surface area contributed by atoms with Crippen molar-refractivity contribution >= 4 is 11.5 Å². The fraction of sp³-hybridized carbons (Fsp3) is 0.667. The molecule has 2 fully saturated rings. The number of pyridine rings is 1. The first-order valence-electron chi connectivity index (χ1n) is 7.60. The van der Waals surface area contributed by atoms with E-state index >= 15 is 0 Å². The quantitative estimate of drug-likeness (QED) is 0.874. The number of aromatic nitrogens is 1. The third kappa shape index (κ3) is 3.38. The highest BCUT2D eigenvalue weighted by atomic mass is 15.2. The Morgan fingerprint density at radius 1 is 1.16 bits per heavy atom. The van der Waals surface area contributed by atoms with Crippen LogP contribution in [0.4, 0.5) is 11.5 Å². The van der Waals surface area contributed by atoms with Crippen LogP contribution in [0.3, 0.4) is 0 Å². The zero-order chi connectivity index (χ0) is 12.9. The van der Waals surface area contributed by atoms with E-state index < -0.39 is 0 Å². The first kappa shape index (κ1) is 12.7. The van der Waals surface area contributed by atoms with Gasteiger partial charge in [-0.1, -0.05) is 0 Å². The van der Waals surface area contributed by atoms with Crippen LogP contribution in [-0.4, -0.2) is 37.2 Å². The van der Waals surface area contributed by atoms with E-state index in [0.717, 1.165) is 37.7 Å². The van der Waals surface area contributed by atoms with Crippen LogP contribution in [0.5, 0.6) is 0 Å². The molecular weight excluding hydrogens is 236 g/mol. The van der Waals surface area contributed by atoms with Gasteiger partial charge in [-0.25, -0.2) is 4.98 Å². The molecular formula is C15H24N4. The van der Waals surface area contributed by atoms with E-state index in [0.29, 0.717) is 6.04 Å². The Bertz CT molecular complexity index is 378. The summed E-state index contributed by atoms with van der Waals surface area (Å²) in [5, 5.41) is 6.99. The lowest BCUT2D eigenvalue weighted by Crippen LogP contribution is -2.38. The van der Waals surface area contributed by atoms with Gasteiger partial charge in [-0.3, -0.25) is 0 Å². The summed E-state index contributed by atoms with van der Waals surface area (Å²) in [6.07, 6.45) is 8.46. The molecule has 4 nitrogen and oxygen atoms in total. The van der Waals surface area contributed by atoms with Gasteiger partial charge in [0.25, 0.3) is 0 Å². The normalized spacial score (nSPS) is 24.2. The van der Waals surface area contributed by atoms with Gasteiger partial charge in [-0.2, -0.15) is 0 Å². The first-order valence-corrected chi connectivity index (χ1v) is 7.60. The Labute approximate surface area is 115 Å². The molecule has 1 atom stereocenters. The molecule has 2 aliphatic rings. The number of rotatable bonds is 3. The molecule has 3 rings (SSSR count). The highest BCUT2D eigenvalue weighted by molar-refractivity contribution is 5.49. The average Bonchev–Trinajstić information content (AvgIpc) is 2.50. The molecule has 0 amide bonds. The molecule has 0 bridgehead atoms. The Hall–Kier alpha value is -1.29. The van der Waals surface area contributed by atoms with Crippen LogP contribution in [0.2, 0.25) is 0 Å². The van der Waals surface area contributed by atoms with E-state index in [-0.39, 0.29) is 0 Å². The van der Waals surface area contributed by atoms with Crippen LogP contribution in [0.15, 0.2) is 18.3 Å². The maximum Gasteiger partial charge on any atom is 0.128 e. The summed E-state index contributed by atoms with van der Waals surface area (Å²) in [6.45, 7) is 4.54. The highest BCUT2D eigenvalue weighted by Gasteiger charge is 2.14. The molecule has 3 heterocycles. The maximum atomic E-state index is 4.61. The van der Waals surface area contributed by atoms with Gasteiger partial charge in [0.1, 0.15) is 5.82 Å². The molecule has 19 heavy (non-hydrogen) atoms. The average molecular weight is 260 g/mol. The zero-order valence-corrected chi connectivity index (χ0v) is 11.6. The number of hydrogen-bond acceptors (Lipinski definition) is 4. The van der Waals surface area contributed by atoms with Crippen molar-refractivity contribution in [2.24, 2.45) is 0 Å². The monoisotopic (exact) mass is 260 g/mol. The van der Waals surface area contributed by atoms with Crippen LogP contribution < -0.4 is 15.5 Å². The first-order chi connectivity index (χ1) is 9.42. The second-order valence-electron chi connectivity index (χ2n) is 5.64. The minimum absolute atomic E-state index is 0.552. The number of nitrogens with one attached hydrogen (secondary N) is 2. The van der Waals surface area contributed by atoms with Crippen molar-refractivity contribution in [2.45, 2.75) is 38.1 Å². The lowest BCUT2D eigenvalue weighted by atomic mass is 10.1. The summed E-state index contributed by atoms with van der Waals surface area (Å²) in [4.78, 5) is 7.01. The number of piperidine rings is 2. The van der Waals surface area contributed by atoms with Crippen molar-refractivity contribution < 1.29 is 0 Å². The number of hydrogen-bond donors (Lipinski definition) is 2. The second-order valence-corrected chi connectivity index (χ2v) is 5.64. The molecule has 4 heteroatoms. The largest absolute Gasteiger partial charge is 0.380 e. The zero-order valence-electron chi connectivity index (χ0n) is 11.6. The smallest absolute Gasteiger partial charge is 0.128 e. The van der Waals surface area contributed by atoms with E-state index in [1.54, 1.807) is 0 Å². The van der Waals surface area contributed by atoms with E-state index in [1.807, 2.05) is 6.20 Å². The Balaban J connectivity index is 1.58. The molecule has 1 unspecified atom stereocenters. The summed E-state index contributed by atoms with van der Waals surface area (Å²) >= 11 is 0. The second kappa shape index (κ2) is 6.24. The minimum atomic E-state index is 0.552. The predicted octanol–water partition coefficient (Wildman–Crippen LogP) is 2.24. The van der Waals surface area contributed by atoms with E-state index in [4.69, 9.17) is 0 Å². The Kier molecular flexibility index (Phi) is 4.18. The molecule has 2 saturated heterocycles. The molecule has 1 aromatic rings. The highest BCUT2D eigenvalue weighted by Crippen LogP contribution is 2.19. The summed E-state index contributed by atoms with van der Waals surface area (Å²) in [5.41, 5.74) is 1.15. The molecule has 0 aromatic carbocycles. The van der Waals surface area contributed by atoms with Crippen LogP contribution in [0, 0.1) is 0 Å². The van der Waals surface area contributed by atoms with Gasteiger partial charge in [0.15, 0.2) is 0 Å². The van der Waals surface area contributed by atoms with Crippen molar-refractivity contribution in [3.8, 4) is 0 Å². The van der Waals surface area contributed by atoms with Crippen LogP contribution >= 0.6 is 0 Å². The van der Waals surface area contributed by atoms with E-state index in [2.05, 4.69) is 32.7 Å². The summed E-state index contributed by atoms with van der Waals surface area (Å²) in [5.74, 6) is 1.13. The maximum absolute atomic E-state index is 4.61. The third-order valence-electron chi connectivity index (χ3n) is 4.10. The number of nitrogens with zero attached hydrogens (tertiary/aromatic N) is 2. The van der Waals surface area contributed by atoms with Crippen molar-refractivity contribution in [3.05, 3.63) is 18.3 Å². The molecule has 2 aliphatic heterocycles. The van der Waals surface area contributed by atoms with Gasteiger partial charge in [-0.05, 0) is 50.8 Å². The van der Waals surface area contributed by atoms with Gasteiger partial charge in [0, 0.05) is 25.7 Å². The topological polar surface area (TPSA) is 40.2 Å². The number of anilines is 2. The van der Waals surface area contributed by atoms with E-state index in [9.17, 15) is 0 Å². The molecule has 0 radical (unpaired) electrons. The third-order valence-corrected chi connectivity index (χ3v) is 4.10. The Morgan fingerprint density at radius 3 is 2.74 bits per heavy atom. The fourth-order valence-corrected chi connectivity index (χ4v) is 2.99. The minimum Gasteiger partial charge on any atom is -0.380 e. The molecule has 0 saturated carbocycles. The summed E-state index contributed by atoms with van der Waals surface area (Å²) in [7, 11) is 0. The van der Waals surface area contributed by atoms with Gasteiger partial charge >= 0.3 is 0 Å². The van der Waals surface area contributed by atoms with Crippen molar-refractivity contribution in [2.75, 3.05) is 36.4 Å². The summed E-state index contributed by atoms with van der Waals surface area (Å²) in [6, 6.07) is 4.88. The van der Waals surface area contributed by atoms with Crippen molar-refractivity contribution in [3.63, 3.8) is 0 Å². The van der Waals surface area contributed by atoms with Crippen LogP contribution in [0.25, 0.3) is 0 Å². The van der Waals surface area contributed by atoms with Crippen molar-refractivity contribution in [1.82, 2.24) is 10.3 Å². The summed E-state index contributed by atoms with van der Waals surface area (Å²) < 4.78 is 0. The van der Waals surface area contributed by atoms with Gasteiger partial charge in [-0.15, -0.1) is 0 Å². The van der Waals surface area contributed by atoms with Crippen LogP contribution in [0.1, 0.15) is 32.1 Å². The van der Waals surface area contributed by atoms with Gasteiger partial charge in [0.2, 0.25) is 0 Å². The van der Waals surface area contributed by atoms with Gasteiger partial charge < -0.3 is 15.5 Å². The lowest BCUT2D eigenvalue weighted by Gasteiger charge is -2.28. The SMILES string of the molecule is c1cc(N2CCCCC2)ncc1NC1CCCNC1. The Morgan fingerprint density at radius 2 is 2.05 bits per heavy atom. The van der Waals surface area contributed by atoms with Crippen molar-refractivity contribution in [1.29, 1.82) is 0 Å².